The Morgan fingerprint density at radius 1 is 0.886 bits per heavy atom. The van der Waals surface area contributed by atoms with Crippen molar-refractivity contribution in [1.82, 2.24) is 19.0 Å². The molecule has 0 aliphatic carbocycles. The summed E-state index contributed by atoms with van der Waals surface area (Å²) in [4.78, 5) is 26.2. The van der Waals surface area contributed by atoms with Crippen LogP contribution in [0.25, 0.3) is 5.69 Å². The second kappa shape index (κ2) is 9.63. The molecule has 0 unspecified atom stereocenters. The van der Waals surface area contributed by atoms with Crippen LogP contribution in [0.5, 0.6) is 0 Å². The maximum Gasteiger partial charge on any atom is 0.256 e. The Kier molecular flexibility index (Phi) is 6.77. The minimum Gasteiger partial charge on any atom is -0.340 e. The molecule has 1 aliphatic rings. The van der Waals surface area contributed by atoms with Crippen molar-refractivity contribution in [2.75, 3.05) is 31.5 Å². The summed E-state index contributed by atoms with van der Waals surface area (Å²) in [5.74, 6) is 0.0959. The van der Waals surface area contributed by atoms with Gasteiger partial charge in [-0.15, -0.1) is 0 Å². The zero-order valence-electron chi connectivity index (χ0n) is 20.3. The lowest BCUT2D eigenvalue weighted by atomic mass is 10.1. The molecule has 0 saturated carbocycles. The minimum absolute atomic E-state index is 0.0634. The molecule has 2 heterocycles. The van der Waals surface area contributed by atoms with Gasteiger partial charge in [0.15, 0.2) is 0 Å². The van der Waals surface area contributed by atoms with Crippen LogP contribution in [0.4, 0.5) is 5.82 Å². The third-order valence-corrected chi connectivity index (χ3v) is 7.88. The van der Waals surface area contributed by atoms with Crippen LogP contribution in [-0.2, 0) is 14.8 Å². The summed E-state index contributed by atoms with van der Waals surface area (Å²) in [6.45, 7) is 8.55. The molecule has 2 aromatic carbocycles. The summed E-state index contributed by atoms with van der Waals surface area (Å²) in [7, 11) is -3.71. The lowest BCUT2D eigenvalue weighted by Gasteiger charge is -2.33. The van der Waals surface area contributed by atoms with Gasteiger partial charge in [0, 0.05) is 44.7 Å². The maximum atomic E-state index is 13.0. The number of anilines is 1. The number of nitrogens with one attached hydrogen (secondary N) is 1. The number of hydrogen-bond donors (Lipinski definition) is 1. The monoisotopic (exact) mass is 495 g/mol. The van der Waals surface area contributed by atoms with Gasteiger partial charge in [0.1, 0.15) is 5.82 Å². The highest BCUT2D eigenvalue weighted by atomic mass is 32.2. The van der Waals surface area contributed by atoms with Crippen molar-refractivity contribution >= 4 is 27.7 Å². The molecule has 0 bridgehead atoms. The number of piperazine rings is 1. The van der Waals surface area contributed by atoms with Crippen molar-refractivity contribution in [3.05, 3.63) is 70.9 Å². The van der Waals surface area contributed by atoms with E-state index in [0.717, 1.165) is 22.5 Å². The number of amides is 2. The van der Waals surface area contributed by atoms with Crippen molar-refractivity contribution in [1.29, 1.82) is 0 Å². The van der Waals surface area contributed by atoms with E-state index >= 15 is 0 Å². The van der Waals surface area contributed by atoms with Gasteiger partial charge >= 0.3 is 0 Å². The van der Waals surface area contributed by atoms with Crippen LogP contribution < -0.4 is 5.32 Å². The molecule has 184 valence electrons. The van der Waals surface area contributed by atoms with Gasteiger partial charge in [-0.1, -0.05) is 6.07 Å². The van der Waals surface area contributed by atoms with Crippen molar-refractivity contribution in [3.63, 3.8) is 0 Å². The lowest BCUT2D eigenvalue weighted by Crippen LogP contribution is -2.49. The Bertz CT molecular complexity index is 1350. The second-order valence-corrected chi connectivity index (χ2v) is 10.8. The van der Waals surface area contributed by atoms with Crippen LogP contribution in [-0.4, -0.2) is 65.4 Å². The number of aromatic nitrogens is 2. The number of carbonyl (C=O) groups is 2. The normalized spacial score (nSPS) is 14.7. The average molecular weight is 496 g/mol. The molecule has 9 nitrogen and oxygen atoms in total. The number of carbonyl (C=O) groups excluding carboxylic acids is 2. The predicted molar refractivity (Wildman–Crippen MR) is 133 cm³/mol. The van der Waals surface area contributed by atoms with Crippen LogP contribution >= 0.6 is 0 Å². The zero-order chi connectivity index (χ0) is 25.3. The highest BCUT2D eigenvalue weighted by molar-refractivity contribution is 7.89. The largest absolute Gasteiger partial charge is 0.340 e. The molecule has 4 rings (SSSR count). The van der Waals surface area contributed by atoms with Gasteiger partial charge in [0.25, 0.3) is 5.91 Å². The molecule has 1 aliphatic heterocycles. The van der Waals surface area contributed by atoms with E-state index in [9.17, 15) is 18.0 Å². The van der Waals surface area contributed by atoms with Crippen molar-refractivity contribution in [2.45, 2.75) is 32.6 Å². The fraction of sp³-hybridized carbons (Fsp3) is 0.320. The summed E-state index contributed by atoms with van der Waals surface area (Å²) in [5.41, 5.74) is 4.11. The van der Waals surface area contributed by atoms with Gasteiger partial charge in [-0.05, 0) is 68.3 Å². The number of rotatable bonds is 5. The molecule has 0 radical (unpaired) electrons. The number of hydrogen-bond acceptors (Lipinski definition) is 5. The maximum absolute atomic E-state index is 13.0. The van der Waals surface area contributed by atoms with E-state index in [-0.39, 0.29) is 29.8 Å². The van der Waals surface area contributed by atoms with Gasteiger partial charge in [0.2, 0.25) is 15.9 Å². The van der Waals surface area contributed by atoms with E-state index in [4.69, 9.17) is 0 Å². The molecule has 3 aromatic rings. The van der Waals surface area contributed by atoms with E-state index in [1.807, 2.05) is 32.9 Å². The van der Waals surface area contributed by atoms with Crippen molar-refractivity contribution in [3.8, 4) is 5.69 Å². The molecular formula is C25H29N5O4S. The van der Waals surface area contributed by atoms with Crippen LogP contribution in [0.2, 0.25) is 0 Å². The Morgan fingerprint density at radius 3 is 2.06 bits per heavy atom. The molecular weight excluding hydrogens is 466 g/mol. The molecule has 1 N–H and O–H groups in total. The third kappa shape index (κ3) is 5.28. The van der Waals surface area contributed by atoms with Gasteiger partial charge in [-0.3, -0.25) is 9.59 Å². The van der Waals surface area contributed by atoms with Gasteiger partial charge < -0.3 is 10.2 Å². The van der Waals surface area contributed by atoms with Crippen LogP contribution in [0, 0.1) is 20.8 Å². The van der Waals surface area contributed by atoms with Gasteiger partial charge in [0.05, 0.1) is 16.3 Å². The van der Waals surface area contributed by atoms with Crippen molar-refractivity contribution in [2.24, 2.45) is 0 Å². The van der Waals surface area contributed by atoms with Gasteiger partial charge in [-0.25, -0.2) is 13.1 Å². The number of aryl methyl sites for hydroxylation is 3. The van der Waals surface area contributed by atoms with E-state index in [1.54, 1.807) is 15.6 Å². The third-order valence-electron chi connectivity index (χ3n) is 5.96. The average Bonchev–Trinajstić information content (AvgIpc) is 3.18. The fourth-order valence-corrected chi connectivity index (χ4v) is 5.64. The lowest BCUT2D eigenvalue weighted by molar-refractivity contribution is -0.129. The standard InChI is InChI=1S/C25H29N5O4S/c1-17-13-18(2)15-22(14-17)30-24(16-19(3)27-30)26-25(32)21-5-7-23(8-6-21)35(33,34)29-11-9-28(10-12-29)20(4)31/h5-8,13-16H,9-12H2,1-4H3,(H,26,32). The minimum atomic E-state index is -3.71. The number of sulfonamides is 1. The van der Waals surface area contributed by atoms with Crippen LogP contribution in [0.3, 0.4) is 0 Å². The Labute approximate surface area is 205 Å². The Hall–Kier alpha value is -3.50. The highest BCUT2D eigenvalue weighted by Gasteiger charge is 2.29. The zero-order valence-corrected chi connectivity index (χ0v) is 21.1. The smallest absolute Gasteiger partial charge is 0.256 e. The number of nitrogens with zero attached hydrogens (tertiary/aromatic N) is 4. The first-order valence-electron chi connectivity index (χ1n) is 11.4. The quantitative estimate of drug-likeness (QED) is 0.586. The summed E-state index contributed by atoms with van der Waals surface area (Å²) in [6, 6.07) is 13.7. The molecule has 35 heavy (non-hydrogen) atoms. The molecule has 0 atom stereocenters. The van der Waals surface area contributed by atoms with Crippen LogP contribution in [0.15, 0.2) is 53.4 Å². The summed E-state index contributed by atoms with van der Waals surface area (Å²) in [6.07, 6.45) is 0. The molecule has 10 heteroatoms. The first kappa shape index (κ1) is 24.6. The van der Waals surface area contributed by atoms with E-state index in [1.165, 1.54) is 35.5 Å². The van der Waals surface area contributed by atoms with E-state index < -0.39 is 10.0 Å². The van der Waals surface area contributed by atoms with Crippen molar-refractivity contribution < 1.29 is 18.0 Å². The molecule has 1 saturated heterocycles. The molecule has 2 amide bonds. The van der Waals surface area contributed by atoms with E-state index in [0.29, 0.717) is 24.5 Å². The molecule has 0 spiro atoms. The summed E-state index contributed by atoms with van der Waals surface area (Å²) >= 11 is 0. The molecule has 1 aromatic heterocycles. The Balaban J connectivity index is 1.50. The first-order chi connectivity index (χ1) is 16.5. The summed E-state index contributed by atoms with van der Waals surface area (Å²) < 4.78 is 29.1. The predicted octanol–water partition coefficient (Wildman–Crippen LogP) is 2.90. The van der Waals surface area contributed by atoms with Gasteiger partial charge in [-0.2, -0.15) is 9.40 Å². The summed E-state index contributed by atoms with van der Waals surface area (Å²) in [5, 5.41) is 7.40. The van der Waals surface area contributed by atoms with Crippen LogP contribution in [0.1, 0.15) is 34.1 Å². The highest BCUT2D eigenvalue weighted by Crippen LogP contribution is 2.22. The second-order valence-electron chi connectivity index (χ2n) is 8.82. The topological polar surface area (TPSA) is 105 Å². The number of benzene rings is 2. The SMILES string of the molecule is CC(=O)N1CCN(S(=O)(=O)c2ccc(C(=O)Nc3cc(C)nn3-c3cc(C)cc(C)c3)cc2)CC1. The first-order valence-corrected chi connectivity index (χ1v) is 12.8. The Morgan fingerprint density at radius 2 is 1.49 bits per heavy atom. The molecule has 1 fully saturated rings. The fourth-order valence-electron chi connectivity index (χ4n) is 4.22. The van der Waals surface area contributed by atoms with E-state index in [2.05, 4.69) is 16.5 Å².